The van der Waals surface area contributed by atoms with Gasteiger partial charge in [0.05, 0.1) is 18.3 Å². The molecule has 1 N–H and O–H groups in total. The lowest BCUT2D eigenvalue weighted by molar-refractivity contribution is 0.335. The Kier molecular flexibility index (Phi) is 5.01. The predicted molar refractivity (Wildman–Crippen MR) is 83.7 cm³/mol. The van der Waals surface area contributed by atoms with Crippen LogP contribution in [0.4, 0.5) is 10.1 Å². The molecule has 1 atom stereocenters. The fraction of sp³-hybridized carbons (Fsp3) is 0.250. The first-order valence-electron chi connectivity index (χ1n) is 6.55. The molecule has 2 aromatic rings. The van der Waals surface area contributed by atoms with Crippen LogP contribution in [0.2, 0.25) is 0 Å². The second-order valence-electron chi connectivity index (χ2n) is 4.46. The second kappa shape index (κ2) is 6.75. The third kappa shape index (κ3) is 3.51. The van der Waals surface area contributed by atoms with E-state index in [0.29, 0.717) is 6.61 Å². The van der Waals surface area contributed by atoms with Crippen molar-refractivity contribution in [2.75, 3.05) is 11.9 Å². The number of nitrogens with one attached hydrogen (secondary N) is 1. The molecule has 4 heteroatoms. The Labute approximate surface area is 127 Å². The molecule has 0 saturated carbocycles. The maximum Gasteiger partial charge on any atom is 0.125 e. The molecule has 2 nitrogen and oxygen atoms in total. The lowest BCUT2D eigenvalue weighted by Gasteiger charge is -2.19. The summed E-state index contributed by atoms with van der Waals surface area (Å²) in [5.74, 6) is 0.587. The second-order valence-corrected chi connectivity index (χ2v) is 5.32. The molecule has 0 heterocycles. The lowest BCUT2D eigenvalue weighted by Crippen LogP contribution is -2.09. The number of ether oxygens (including phenoxy) is 1. The molecule has 20 heavy (non-hydrogen) atoms. The molecule has 0 aliphatic rings. The fourth-order valence-corrected chi connectivity index (χ4v) is 2.41. The van der Waals surface area contributed by atoms with E-state index in [-0.39, 0.29) is 11.9 Å². The lowest BCUT2D eigenvalue weighted by atomic mass is 10.1. The van der Waals surface area contributed by atoms with Crippen LogP contribution in [0.15, 0.2) is 46.9 Å². The van der Waals surface area contributed by atoms with Gasteiger partial charge in [0.25, 0.3) is 0 Å². The summed E-state index contributed by atoms with van der Waals surface area (Å²) >= 11 is 3.42. The van der Waals surface area contributed by atoms with Crippen molar-refractivity contribution in [1.29, 1.82) is 0 Å². The first-order chi connectivity index (χ1) is 9.61. The smallest absolute Gasteiger partial charge is 0.125 e. The van der Waals surface area contributed by atoms with E-state index >= 15 is 0 Å². The van der Waals surface area contributed by atoms with Crippen LogP contribution in [0.5, 0.6) is 5.75 Å². The van der Waals surface area contributed by atoms with Gasteiger partial charge in [-0.2, -0.15) is 0 Å². The Morgan fingerprint density at radius 2 is 2.00 bits per heavy atom. The van der Waals surface area contributed by atoms with Gasteiger partial charge in [-0.1, -0.05) is 18.2 Å². The Morgan fingerprint density at radius 1 is 1.25 bits per heavy atom. The molecule has 106 valence electrons. The summed E-state index contributed by atoms with van der Waals surface area (Å²) in [6.07, 6.45) is 0. The normalized spacial score (nSPS) is 12.0. The SMILES string of the molecule is CCOc1ccccc1C(C)Nc1cc(F)ccc1Br. The minimum Gasteiger partial charge on any atom is -0.494 e. The van der Waals surface area contributed by atoms with Crippen molar-refractivity contribution in [3.63, 3.8) is 0 Å². The van der Waals surface area contributed by atoms with Gasteiger partial charge in [-0.3, -0.25) is 0 Å². The van der Waals surface area contributed by atoms with Crippen molar-refractivity contribution < 1.29 is 9.13 Å². The third-order valence-corrected chi connectivity index (χ3v) is 3.68. The number of para-hydroxylation sites is 1. The van der Waals surface area contributed by atoms with Crippen LogP contribution in [0.3, 0.4) is 0 Å². The van der Waals surface area contributed by atoms with Crippen LogP contribution in [-0.4, -0.2) is 6.61 Å². The van der Waals surface area contributed by atoms with Crippen LogP contribution in [0.1, 0.15) is 25.5 Å². The zero-order valence-corrected chi connectivity index (χ0v) is 13.1. The highest BCUT2D eigenvalue weighted by atomic mass is 79.9. The zero-order valence-electron chi connectivity index (χ0n) is 11.5. The zero-order chi connectivity index (χ0) is 14.5. The van der Waals surface area contributed by atoms with Gasteiger partial charge in [-0.15, -0.1) is 0 Å². The molecule has 0 spiro atoms. The number of hydrogen-bond donors (Lipinski definition) is 1. The summed E-state index contributed by atoms with van der Waals surface area (Å²) in [5.41, 5.74) is 1.77. The van der Waals surface area contributed by atoms with Gasteiger partial charge in [-0.25, -0.2) is 4.39 Å². The molecule has 0 radical (unpaired) electrons. The van der Waals surface area contributed by atoms with Crippen LogP contribution in [-0.2, 0) is 0 Å². The van der Waals surface area contributed by atoms with Crippen molar-refractivity contribution in [3.8, 4) is 5.75 Å². The van der Waals surface area contributed by atoms with E-state index in [1.165, 1.54) is 12.1 Å². The van der Waals surface area contributed by atoms with Gasteiger partial charge in [-0.05, 0) is 54.0 Å². The summed E-state index contributed by atoms with van der Waals surface area (Å²) in [5, 5.41) is 3.30. The van der Waals surface area contributed by atoms with E-state index in [4.69, 9.17) is 4.74 Å². The van der Waals surface area contributed by atoms with Gasteiger partial charge in [0.15, 0.2) is 0 Å². The molecule has 0 aromatic heterocycles. The molecular weight excluding hydrogens is 321 g/mol. The maximum absolute atomic E-state index is 13.3. The highest BCUT2D eigenvalue weighted by molar-refractivity contribution is 9.10. The van der Waals surface area contributed by atoms with Gasteiger partial charge in [0.2, 0.25) is 0 Å². The minimum absolute atomic E-state index is 0.0100. The summed E-state index contributed by atoms with van der Waals surface area (Å²) in [4.78, 5) is 0. The molecule has 0 aliphatic carbocycles. The van der Waals surface area contributed by atoms with Crippen LogP contribution >= 0.6 is 15.9 Å². The van der Waals surface area contributed by atoms with Crippen LogP contribution in [0.25, 0.3) is 0 Å². The van der Waals surface area contributed by atoms with Crippen molar-refractivity contribution >= 4 is 21.6 Å². The topological polar surface area (TPSA) is 21.3 Å². The third-order valence-electron chi connectivity index (χ3n) is 2.99. The average Bonchev–Trinajstić information content (AvgIpc) is 2.44. The van der Waals surface area contributed by atoms with E-state index in [0.717, 1.165) is 21.5 Å². The van der Waals surface area contributed by atoms with E-state index in [2.05, 4.69) is 21.2 Å². The molecule has 0 amide bonds. The summed E-state index contributed by atoms with van der Waals surface area (Å²) < 4.78 is 19.8. The Balaban J connectivity index is 2.23. The number of benzene rings is 2. The van der Waals surface area contributed by atoms with Gasteiger partial charge in [0, 0.05) is 10.0 Å². The van der Waals surface area contributed by atoms with Gasteiger partial charge >= 0.3 is 0 Å². The van der Waals surface area contributed by atoms with E-state index in [9.17, 15) is 4.39 Å². The maximum atomic E-state index is 13.3. The van der Waals surface area contributed by atoms with E-state index < -0.39 is 0 Å². The highest BCUT2D eigenvalue weighted by Crippen LogP contribution is 2.31. The number of hydrogen-bond acceptors (Lipinski definition) is 2. The first-order valence-corrected chi connectivity index (χ1v) is 7.34. The Hall–Kier alpha value is -1.55. The van der Waals surface area contributed by atoms with E-state index in [1.54, 1.807) is 6.07 Å². The first kappa shape index (κ1) is 14.9. The van der Waals surface area contributed by atoms with Gasteiger partial charge in [0.1, 0.15) is 11.6 Å². The number of anilines is 1. The molecule has 0 bridgehead atoms. The summed E-state index contributed by atoms with van der Waals surface area (Å²) in [6, 6.07) is 12.5. The van der Waals surface area contributed by atoms with Crippen molar-refractivity contribution in [2.24, 2.45) is 0 Å². The summed E-state index contributed by atoms with van der Waals surface area (Å²) in [7, 11) is 0. The molecule has 0 fully saturated rings. The predicted octanol–water partition coefficient (Wildman–Crippen LogP) is 5.16. The minimum atomic E-state index is -0.263. The number of halogens is 2. The van der Waals surface area contributed by atoms with Crippen molar-refractivity contribution in [1.82, 2.24) is 0 Å². The fourth-order valence-electron chi connectivity index (χ4n) is 2.04. The van der Waals surface area contributed by atoms with Crippen molar-refractivity contribution in [2.45, 2.75) is 19.9 Å². The molecule has 2 rings (SSSR count). The monoisotopic (exact) mass is 337 g/mol. The highest BCUT2D eigenvalue weighted by Gasteiger charge is 2.12. The Morgan fingerprint density at radius 3 is 2.75 bits per heavy atom. The Bertz CT molecular complexity index is 588. The largest absolute Gasteiger partial charge is 0.494 e. The molecule has 2 aromatic carbocycles. The van der Waals surface area contributed by atoms with E-state index in [1.807, 2.05) is 38.1 Å². The van der Waals surface area contributed by atoms with Crippen LogP contribution in [0, 0.1) is 5.82 Å². The quantitative estimate of drug-likeness (QED) is 0.813. The average molecular weight is 338 g/mol. The molecule has 0 aliphatic heterocycles. The molecule has 0 saturated heterocycles. The number of rotatable bonds is 5. The molecule has 1 unspecified atom stereocenters. The van der Waals surface area contributed by atoms with Crippen molar-refractivity contribution in [3.05, 3.63) is 58.3 Å². The van der Waals surface area contributed by atoms with Crippen LogP contribution < -0.4 is 10.1 Å². The standard InChI is InChI=1S/C16H17BrFNO/c1-3-20-16-7-5-4-6-13(16)11(2)19-15-10-12(18)8-9-14(15)17/h4-11,19H,3H2,1-2H3. The van der Waals surface area contributed by atoms with Gasteiger partial charge < -0.3 is 10.1 Å². The molecular formula is C16H17BrFNO. The summed E-state index contributed by atoms with van der Waals surface area (Å²) in [6.45, 7) is 4.60.